The van der Waals surface area contributed by atoms with Gasteiger partial charge in [-0.1, -0.05) is 12.1 Å². The van der Waals surface area contributed by atoms with E-state index in [1.54, 1.807) is 22.5 Å². The maximum atomic E-state index is 13.3. The number of nitrogens with zero attached hydrogens (tertiary/aromatic N) is 3. The maximum Gasteiger partial charge on any atom is 0.417 e. The molecule has 11 heteroatoms. The Morgan fingerprint density at radius 2 is 1.88 bits per heavy atom. The number of aryl methyl sites for hydroxylation is 1. The fourth-order valence-corrected chi connectivity index (χ4v) is 6.13. The average Bonchev–Trinajstić information content (AvgIpc) is 2.74. The van der Waals surface area contributed by atoms with Gasteiger partial charge in [-0.15, -0.1) is 0 Å². The lowest BCUT2D eigenvalue weighted by Gasteiger charge is -2.39. The van der Waals surface area contributed by atoms with Gasteiger partial charge in [0, 0.05) is 31.4 Å². The lowest BCUT2D eigenvalue weighted by Crippen LogP contribution is -2.51. The van der Waals surface area contributed by atoms with Crippen molar-refractivity contribution in [3.63, 3.8) is 0 Å². The van der Waals surface area contributed by atoms with Gasteiger partial charge in [-0.2, -0.15) is 17.5 Å². The molecule has 1 amide bonds. The van der Waals surface area contributed by atoms with Gasteiger partial charge in [0.2, 0.25) is 15.9 Å². The van der Waals surface area contributed by atoms with Crippen LogP contribution in [0.2, 0.25) is 0 Å². The third-order valence-corrected chi connectivity index (χ3v) is 7.84. The highest BCUT2D eigenvalue weighted by Crippen LogP contribution is 2.29. The van der Waals surface area contributed by atoms with Crippen molar-refractivity contribution in [3.8, 4) is 0 Å². The predicted octanol–water partition coefficient (Wildman–Crippen LogP) is 3.91. The molecule has 186 valence electrons. The normalized spacial score (nSPS) is 16.2. The number of alkyl halides is 3. The Hall–Kier alpha value is -2.50. The maximum absolute atomic E-state index is 13.3. The van der Waals surface area contributed by atoms with Gasteiger partial charge in [0.1, 0.15) is 5.82 Å². The topological polar surface area (TPSA) is 82.6 Å². The van der Waals surface area contributed by atoms with Crippen molar-refractivity contribution < 1.29 is 26.4 Å². The summed E-state index contributed by atoms with van der Waals surface area (Å²) in [5.74, 6) is -0.345. The smallest absolute Gasteiger partial charge is 0.310 e. The molecule has 34 heavy (non-hydrogen) atoms. The molecular formula is C23H29F3N4O3S. The Balaban J connectivity index is 1.58. The summed E-state index contributed by atoms with van der Waals surface area (Å²) >= 11 is 0. The Bertz CT molecular complexity index is 1100. The minimum Gasteiger partial charge on any atom is -0.310 e. The van der Waals surface area contributed by atoms with E-state index in [1.165, 1.54) is 0 Å². The number of pyridine rings is 1. The molecule has 0 saturated carbocycles. The molecule has 1 aromatic carbocycles. The molecular weight excluding hydrogens is 469 g/mol. The molecule has 1 aromatic heterocycles. The summed E-state index contributed by atoms with van der Waals surface area (Å²) in [5.41, 5.74) is -0.0176. The van der Waals surface area contributed by atoms with Crippen LogP contribution in [-0.4, -0.2) is 60.2 Å². The molecule has 3 rings (SSSR count). The van der Waals surface area contributed by atoms with Crippen molar-refractivity contribution in [1.82, 2.24) is 14.2 Å². The van der Waals surface area contributed by atoms with Gasteiger partial charge < -0.3 is 5.32 Å². The number of benzene rings is 1. The first-order valence-corrected chi connectivity index (χ1v) is 12.5. The van der Waals surface area contributed by atoms with E-state index in [1.807, 2.05) is 31.7 Å². The van der Waals surface area contributed by atoms with Crippen LogP contribution in [0.25, 0.3) is 0 Å². The first-order valence-electron chi connectivity index (χ1n) is 11.0. The molecule has 1 aliphatic rings. The van der Waals surface area contributed by atoms with Gasteiger partial charge in [0.25, 0.3) is 0 Å². The van der Waals surface area contributed by atoms with Crippen molar-refractivity contribution in [2.45, 2.75) is 56.8 Å². The van der Waals surface area contributed by atoms with E-state index in [0.29, 0.717) is 32.1 Å². The second-order valence-electron chi connectivity index (χ2n) is 8.73. The Labute approximate surface area is 198 Å². The molecule has 0 aliphatic carbocycles. The second kappa shape index (κ2) is 10.4. The number of nitrogens with one attached hydrogen (secondary N) is 1. The molecule has 2 aromatic rings. The third kappa shape index (κ3) is 6.34. The Morgan fingerprint density at radius 1 is 1.21 bits per heavy atom. The third-order valence-electron chi connectivity index (χ3n) is 5.72. The molecule has 0 atom stereocenters. The van der Waals surface area contributed by atoms with Gasteiger partial charge in [-0.3, -0.25) is 9.69 Å². The molecule has 1 saturated heterocycles. The van der Waals surface area contributed by atoms with Crippen molar-refractivity contribution in [2.24, 2.45) is 0 Å². The highest BCUT2D eigenvalue weighted by Gasteiger charge is 2.36. The first kappa shape index (κ1) is 26.1. The number of halogens is 3. The summed E-state index contributed by atoms with van der Waals surface area (Å²) < 4.78 is 66.2. The van der Waals surface area contributed by atoms with Crippen molar-refractivity contribution in [2.75, 3.05) is 25.0 Å². The lowest BCUT2D eigenvalue weighted by molar-refractivity contribution is -0.137. The minimum absolute atomic E-state index is 0.0434. The number of carbonyl (C=O) groups excluding carboxylic acids is 1. The molecule has 2 heterocycles. The highest BCUT2D eigenvalue weighted by molar-refractivity contribution is 7.89. The lowest BCUT2D eigenvalue weighted by atomic mass is 10.0. The average molecular weight is 499 g/mol. The zero-order valence-electron chi connectivity index (χ0n) is 19.3. The number of amides is 1. The van der Waals surface area contributed by atoms with E-state index >= 15 is 0 Å². The number of hydrogen-bond donors (Lipinski definition) is 1. The minimum atomic E-state index is -4.49. The largest absolute Gasteiger partial charge is 0.417 e. The standard InChI is InChI=1S/C23H29F3N4O3S/c1-16(2)30(34(32,33)20-6-4-5-17(3)13-20)19-9-11-29(12-10-19)15-22(31)28-21-8-7-18(14-27-21)23(24,25)26/h4-8,13-14,16,19H,9-12,15H2,1-3H3,(H,27,28,31). The quantitative estimate of drug-likeness (QED) is 0.626. The summed E-state index contributed by atoms with van der Waals surface area (Å²) in [4.78, 5) is 18.2. The van der Waals surface area contributed by atoms with Gasteiger partial charge >= 0.3 is 6.18 Å². The van der Waals surface area contributed by atoms with E-state index < -0.39 is 21.8 Å². The van der Waals surface area contributed by atoms with E-state index in [9.17, 15) is 26.4 Å². The van der Waals surface area contributed by atoms with Crippen molar-refractivity contribution in [3.05, 3.63) is 53.7 Å². The van der Waals surface area contributed by atoms with Crippen LogP contribution in [0.5, 0.6) is 0 Å². The summed E-state index contributed by atoms with van der Waals surface area (Å²) in [7, 11) is -3.67. The summed E-state index contributed by atoms with van der Waals surface area (Å²) in [6.07, 6.45) is -2.68. The number of likely N-dealkylation sites (tertiary alicyclic amines) is 1. The fraction of sp³-hybridized carbons (Fsp3) is 0.478. The van der Waals surface area contributed by atoms with Crippen LogP contribution in [-0.2, 0) is 21.0 Å². The molecule has 7 nitrogen and oxygen atoms in total. The summed E-state index contributed by atoms with van der Waals surface area (Å²) in [6.45, 7) is 6.63. The zero-order valence-corrected chi connectivity index (χ0v) is 20.2. The van der Waals surface area contributed by atoms with Crippen LogP contribution in [0, 0.1) is 6.92 Å². The van der Waals surface area contributed by atoms with Crippen LogP contribution in [0.1, 0.15) is 37.8 Å². The zero-order chi connectivity index (χ0) is 25.1. The Kier molecular flexibility index (Phi) is 7.99. The van der Waals surface area contributed by atoms with Gasteiger partial charge in [-0.05, 0) is 63.4 Å². The highest BCUT2D eigenvalue weighted by atomic mass is 32.2. The number of carbonyl (C=O) groups is 1. The Morgan fingerprint density at radius 3 is 2.41 bits per heavy atom. The first-order chi connectivity index (χ1) is 15.9. The van der Waals surface area contributed by atoms with Gasteiger partial charge in [0.15, 0.2) is 0 Å². The summed E-state index contributed by atoms with van der Waals surface area (Å²) in [6, 6.07) is 8.41. The van der Waals surface area contributed by atoms with E-state index in [2.05, 4.69) is 10.3 Å². The molecule has 0 bridgehead atoms. The van der Waals surface area contributed by atoms with Crippen LogP contribution in [0.3, 0.4) is 0 Å². The van der Waals surface area contributed by atoms with E-state index in [4.69, 9.17) is 0 Å². The van der Waals surface area contributed by atoms with E-state index in [-0.39, 0.29) is 35.2 Å². The van der Waals surface area contributed by atoms with Crippen LogP contribution in [0.4, 0.5) is 19.0 Å². The SMILES string of the molecule is Cc1cccc(S(=O)(=O)N(C(C)C)C2CCN(CC(=O)Nc3ccc(C(F)(F)F)cn3)CC2)c1. The van der Waals surface area contributed by atoms with Crippen molar-refractivity contribution in [1.29, 1.82) is 0 Å². The molecule has 1 fully saturated rings. The molecule has 0 spiro atoms. The molecule has 0 unspecified atom stereocenters. The number of anilines is 1. The molecule has 0 radical (unpaired) electrons. The molecule has 1 aliphatic heterocycles. The van der Waals surface area contributed by atoms with Gasteiger partial charge in [-0.25, -0.2) is 13.4 Å². The van der Waals surface area contributed by atoms with Crippen molar-refractivity contribution >= 4 is 21.7 Å². The monoisotopic (exact) mass is 498 g/mol. The predicted molar refractivity (Wildman–Crippen MR) is 123 cm³/mol. The molecule has 1 N–H and O–H groups in total. The number of hydrogen-bond acceptors (Lipinski definition) is 5. The number of sulfonamides is 1. The number of rotatable bonds is 7. The fourth-order valence-electron chi connectivity index (χ4n) is 4.15. The van der Waals surface area contributed by atoms with Crippen LogP contribution >= 0.6 is 0 Å². The summed E-state index contributed by atoms with van der Waals surface area (Å²) in [5, 5.41) is 2.51. The second-order valence-corrected chi connectivity index (χ2v) is 10.6. The van der Waals surface area contributed by atoms with Crippen LogP contribution < -0.4 is 5.32 Å². The van der Waals surface area contributed by atoms with Crippen LogP contribution in [0.15, 0.2) is 47.5 Å². The van der Waals surface area contributed by atoms with E-state index in [0.717, 1.165) is 17.7 Å². The number of aromatic nitrogens is 1. The van der Waals surface area contributed by atoms with Gasteiger partial charge in [0.05, 0.1) is 17.0 Å². The number of piperidine rings is 1.